The summed E-state index contributed by atoms with van der Waals surface area (Å²) in [6.07, 6.45) is 5.06. The van der Waals surface area contributed by atoms with E-state index < -0.39 is 0 Å². The fraction of sp³-hybridized carbons (Fsp3) is 0.688. The number of nitrogens with zero attached hydrogens (tertiary/aromatic N) is 1. The molecule has 3 nitrogen and oxygen atoms in total. The van der Waals surface area contributed by atoms with E-state index in [1.807, 2.05) is 19.9 Å². The van der Waals surface area contributed by atoms with Crippen molar-refractivity contribution in [1.29, 1.82) is 0 Å². The van der Waals surface area contributed by atoms with Crippen LogP contribution >= 0.6 is 0 Å². The van der Waals surface area contributed by atoms with E-state index in [2.05, 4.69) is 23.9 Å². The fourth-order valence-electron chi connectivity index (χ4n) is 3.14. The summed E-state index contributed by atoms with van der Waals surface area (Å²) in [5.41, 5.74) is 2.91. The molecule has 3 heteroatoms. The number of hydrogen-bond acceptors (Lipinski definition) is 2. The maximum Gasteiger partial charge on any atom is 0.178 e. The SMILES string of the molecule is Cc1cc(C(=O)CN(C)C2CCC(C)CC2)c(C)[nH]1. The number of likely N-dealkylation sites (N-methyl/N-ethyl adjacent to an activating group) is 1. The average molecular weight is 262 g/mol. The molecule has 1 fully saturated rings. The third-order valence-corrected chi connectivity index (χ3v) is 4.45. The summed E-state index contributed by atoms with van der Waals surface area (Å²) in [5.74, 6) is 1.10. The molecule has 0 radical (unpaired) electrons. The maximum atomic E-state index is 12.3. The van der Waals surface area contributed by atoms with Crippen LogP contribution in [0.15, 0.2) is 6.07 Å². The lowest BCUT2D eigenvalue weighted by Crippen LogP contribution is -2.38. The zero-order chi connectivity index (χ0) is 14.0. The van der Waals surface area contributed by atoms with Crippen LogP contribution < -0.4 is 0 Å². The van der Waals surface area contributed by atoms with Crippen LogP contribution in [-0.4, -0.2) is 35.3 Å². The first-order valence-corrected chi connectivity index (χ1v) is 7.37. The van der Waals surface area contributed by atoms with Gasteiger partial charge in [0.15, 0.2) is 5.78 Å². The first-order chi connectivity index (χ1) is 8.97. The van der Waals surface area contributed by atoms with Gasteiger partial charge in [-0.3, -0.25) is 9.69 Å². The molecule has 0 bridgehead atoms. The molecule has 0 aliphatic heterocycles. The number of aromatic nitrogens is 1. The second kappa shape index (κ2) is 5.91. The average Bonchev–Trinajstić information content (AvgIpc) is 2.69. The van der Waals surface area contributed by atoms with Gasteiger partial charge in [-0.05, 0) is 58.6 Å². The number of H-pyrrole nitrogens is 1. The summed E-state index contributed by atoms with van der Waals surface area (Å²) >= 11 is 0. The maximum absolute atomic E-state index is 12.3. The first-order valence-electron chi connectivity index (χ1n) is 7.37. The van der Waals surface area contributed by atoms with Gasteiger partial charge >= 0.3 is 0 Å². The number of carbonyl (C=O) groups excluding carboxylic acids is 1. The molecule has 1 aliphatic carbocycles. The molecule has 1 saturated carbocycles. The predicted octanol–water partition coefficient (Wildman–Crippen LogP) is 3.32. The molecule has 0 amide bonds. The molecule has 106 valence electrons. The van der Waals surface area contributed by atoms with Crippen LogP contribution in [-0.2, 0) is 0 Å². The van der Waals surface area contributed by atoms with E-state index in [4.69, 9.17) is 0 Å². The minimum atomic E-state index is 0.239. The highest BCUT2D eigenvalue weighted by Gasteiger charge is 2.23. The molecule has 1 aliphatic rings. The van der Waals surface area contributed by atoms with Crippen molar-refractivity contribution in [2.24, 2.45) is 5.92 Å². The van der Waals surface area contributed by atoms with Gasteiger partial charge < -0.3 is 4.98 Å². The molecule has 0 spiro atoms. The highest BCUT2D eigenvalue weighted by molar-refractivity contribution is 5.98. The summed E-state index contributed by atoms with van der Waals surface area (Å²) in [6.45, 7) is 6.84. The molecule has 2 rings (SSSR count). The minimum absolute atomic E-state index is 0.239. The van der Waals surface area contributed by atoms with Crippen molar-refractivity contribution >= 4 is 5.78 Å². The summed E-state index contributed by atoms with van der Waals surface area (Å²) in [5, 5.41) is 0. The van der Waals surface area contributed by atoms with Crippen molar-refractivity contribution in [3.8, 4) is 0 Å². The topological polar surface area (TPSA) is 36.1 Å². The lowest BCUT2D eigenvalue weighted by atomic mass is 9.86. The Morgan fingerprint density at radius 1 is 1.32 bits per heavy atom. The molecule has 1 aromatic rings. The lowest BCUT2D eigenvalue weighted by molar-refractivity contribution is 0.0888. The van der Waals surface area contributed by atoms with E-state index in [1.165, 1.54) is 25.7 Å². The Morgan fingerprint density at radius 3 is 2.47 bits per heavy atom. The van der Waals surface area contributed by atoms with Gasteiger partial charge in [0, 0.05) is 23.0 Å². The van der Waals surface area contributed by atoms with Crippen LogP contribution in [0.4, 0.5) is 0 Å². The van der Waals surface area contributed by atoms with Crippen LogP contribution in [0.1, 0.15) is 54.4 Å². The molecular weight excluding hydrogens is 236 g/mol. The normalized spacial score (nSPS) is 23.8. The summed E-state index contributed by atoms with van der Waals surface area (Å²) in [7, 11) is 2.09. The van der Waals surface area contributed by atoms with Gasteiger partial charge in [0.1, 0.15) is 0 Å². The van der Waals surface area contributed by atoms with Crippen molar-refractivity contribution in [3.63, 3.8) is 0 Å². The Labute approximate surface area is 116 Å². The number of nitrogens with one attached hydrogen (secondary N) is 1. The lowest BCUT2D eigenvalue weighted by Gasteiger charge is -2.33. The van der Waals surface area contributed by atoms with Gasteiger partial charge in [-0.2, -0.15) is 0 Å². The zero-order valence-electron chi connectivity index (χ0n) is 12.6. The summed E-state index contributed by atoms with van der Waals surface area (Å²) < 4.78 is 0. The van der Waals surface area contributed by atoms with Crippen LogP contribution in [0, 0.1) is 19.8 Å². The highest BCUT2D eigenvalue weighted by atomic mass is 16.1. The van der Waals surface area contributed by atoms with E-state index in [0.717, 1.165) is 22.9 Å². The van der Waals surface area contributed by atoms with Crippen molar-refractivity contribution in [2.75, 3.05) is 13.6 Å². The van der Waals surface area contributed by atoms with Gasteiger partial charge in [0.05, 0.1) is 6.54 Å². The summed E-state index contributed by atoms with van der Waals surface area (Å²) in [6, 6.07) is 2.55. The molecule has 1 heterocycles. The predicted molar refractivity (Wildman–Crippen MR) is 78.6 cm³/mol. The fourth-order valence-corrected chi connectivity index (χ4v) is 3.14. The Bertz CT molecular complexity index is 442. The number of hydrogen-bond donors (Lipinski definition) is 1. The number of Topliss-reactive ketones (excluding diaryl/α,β-unsaturated/α-hetero) is 1. The Balaban J connectivity index is 1.93. The van der Waals surface area contributed by atoms with Crippen LogP contribution in [0.3, 0.4) is 0 Å². The second-order valence-corrected chi connectivity index (χ2v) is 6.24. The van der Waals surface area contributed by atoms with E-state index >= 15 is 0 Å². The number of ketones is 1. The van der Waals surface area contributed by atoms with Crippen molar-refractivity contribution < 1.29 is 4.79 Å². The quantitative estimate of drug-likeness (QED) is 0.845. The molecule has 19 heavy (non-hydrogen) atoms. The number of aromatic amines is 1. The molecule has 0 aromatic carbocycles. The van der Waals surface area contributed by atoms with Gasteiger partial charge in [-0.25, -0.2) is 0 Å². The van der Waals surface area contributed by atoms with Crippen LogP contribution in [0.25, 0.3) is 0 Å². The van der Waals surface area contributed by atoms with Gasteiger partial charge in [-0.1, -0.05) is 6.92 Å². The molecule has 0 unspecified atom stereocenters. The molecule has 1 N–H and O–H groups in total. The molecule has 1 aromatic heterocycles. The van der Waals surface area contributed by atoms with Crippen LogP contribution in [0.5, 0.6) is 0 Å². The number of aryl methyl sites for hydroxylation is 2. The third-order valence-electron chi connectivity index (χ3n) is 4.45. The minimum Gasteiger partial charge on any atom is -0.362 e. The molecular formula is C16H26N2O. The van der Waals surface area contributed by atoms with E-state index in [1.54, 1.807) is 0 Å². The summed E-state index contributed by atoms with van der Waals surface area (Å²) in [4.78, 5) is 17.8. The first kappa shape index (κ1) is 14.3. The van der Waals surface area contributed by atoms with E-state index in [0.29, 0.717) is 12.6 Å². The Kier molecular flexibility index (Phi) is 4.46. The molecule has 0 saturated heterocycles. The van der Waals surface area contributed by atoms with Crippen molar-refractivity contribution in [2.45, 2.75) is 52.5 Å². The van der Waals surface area contributed by atoms with Gasteiger partial charge in [0.25, 0.3) is 0 Å². The standard InChI is InChI=1S/C16H26N2O/c1-11-5-7-14(8-6-11)18(4)10-16(19)15-9-12(2)17-13(15)3/h9,11,14,17H,5-8,10H2,1-4H3. The Hall–Kier alpha value is -1.09. The van der Waals surface area contributed by atoms with Crippen LogP contribution in [0.2, 0.25) is 0 Å². The van der Waals surface area contributed by atoms with Gasteiger partial charge in [-0.15, -0.1) is 0 Å². The van der Waals surface area contributed by atoms with Crippen molar-refractivity contribution in [3.05, 3.63) is 23.0 Å². The van der Waals surface area contributed by atoms with Gasteiger partial charge in [0.2, 0.25) is 0 Å². The highest BCUT2D eigenvalue weighted by Crippen LogP contribution is 2.26. The monoisotopic (exact) mass is 262 g/mol. The van der Waals surface area contributed by atoms with Crippen molar-refractivity contribution in [1.82, 2.24) is 9.88 Å². The smallest absolute Gasteiger partial charge is 0.178 e. The third kappa shape index (κ3) is 3.47. The largest absolute Gasteiger partial charge is 0.362 e. The van der Waals surface area contributed by atoms with E-state index in [-0.39, 0.29) is 5.78 Å². The second-order valence-electron chi connectivity index (χ2n) is 6.24. The zero-order valence-corrected chi connectivity index (χ0v) is 12.6. The molecule has 0 atom stereocenters. The number of carbonyl (C=O) groups is 1. The van der Waals surface area contributed by atoms with E-state index in [9.17, 15) is 4.79 Å². The Morgan fingerprint density at radius 2 is 1.95 bits per heavy atom. The number of rotatable bonds is 4.